The van der Waals surface area contributed by atoms with Gasteiger partial charge < -0.3 is 15.5 Å². The van der Waals surface area contributed by atoms with E-state index < -0.39 is 0 Å². The Balaban J connectivity index is 0.000000853. The Labute approximate surface area is 96.2 Å². The third-order valence-electron chi connectivity index (χ3n) is 4.10. The van der Waals surface area contributed by atoms with Gasteiger partial charge in [0.25, 0.3) is 0 Å². The Morgan fingerprint density at radius 3 is 2.33 bits per heavy atom. The quantitative estimate of drug-likeness (QED) is 0.670. The van der Waals surface area contributed by atoms with Crippen molar-refractivity contribution in [1.29, 1.82) is 0 Å². The van der Waals surface area contributed by atoms with Gasteiger partial charge in [0.1, 0.15) is 0 Å². The van der Waals surface area contributed by atoms with Crippen LogP contribution >= 0.6 is 12.4 Å². The van der Waals surface area contributed by atoms with Gasteiger partial charge in [-0.3, -0.25) is 4.79 Å². The summed E-state index contributed by atoms with van der Waals surface area (Å²) in [5, 5.41) is 6.46. The number of amides is 1. The summed E-state index contributed by atoms with van der Waals surface area (Å²) < 4.78 is 0. The molecule has 5 heteroatoms. The molecular formula is C10H18ClN3O. The van der Waals surface area contributed by atoms with Crippen LogP contribution in [-0.2, 0) is 4.79 Å². The Hall–Kier alpha value is -0.320. The van der Waals surface area contributed by atoms with Gasteiger partial charge in [0.15, 0.2) is 0 Å². The molecule has 0 bridgehead atoms. The van der Waals surface area contributed by atoms with Crippen LogP contribution in [0.1, 0.15) is 6.42 Å². The molecule has 2 heterocycles. The normalized spacial score (nSPS) is 31.1. The zero-order chi connectivity index (χ0) is 9.76. The predicted octanol–water partition coefficient (Wildman–Crippen LogP) is -0.552. The van der Waals surface area contributed by atoms with Gasteiger partial charge in [-0.1, -0.05) is 0 Å². The molecule has 15 heavy (non-hydrogen) atoms. The summed E-state index contributed by atoms with van der Waals surface area (Å²) in [7, 11) is 1.95. The van der Waals surface area contributed by atoms with Crippen LogP contribution < -0.4 is 10.6 Å². The summed E-state index contributed by atoms with van der Waals surface area (Å²) in [5.41, 5.74) is 0.377. The van der Waals surface area contributed by atoms with E-state index in [2.05, 4.69) is 10.6 Å². The van der Waals surface area contributed by atoms with Crippen molar-refractivity contribution in [1.82, 2.24) is 15.5 Å². The largest absolute Gasteiger partial charge is 0.340 e. The minimum absolute atomic E-state index is 0. The molecule has 2 N–H and O–H groups in total. The first-order chi connectivity index (χ1) is 6.73. The first-order valence-corrected chi connectivity index (χ1v) is 5.41. The zero-order valence-corrected chi connectivity index (χ0v) is 9.77. The van der Waals surface area contributed by atoms with Crippen molar-refractivity contribution < 1.29 is 4.79 Å². The minimum Gasteiger partial charge on any atom is -0.340 e. The van der Waals surface area contributed by atoms with Crippen LogP contribution in [0.25, 0.3) is 0 Å². The highest BCUT2D eigenvalue weighted by molar-refractivity contribution is 5.85. The molecule has 4 nitrogen and oxygen atoms in total. The van der Waals surface area contributed by atoms with Crippen molar-refractivity contribution in [2.75, 3.05) is 33.2 Å². The van der Waals surface area contributed by atoms with Crippen molar-refractivity contribution in [3.05, 3.63) is 0 Å². The Morgan fingerprint density at radius 2 is 2.00 bits per heavy atom. The molecule has 2 saturated heterocycles. The summed E-state index contributed by atoms with van der Waals surface area (Å²) in [5.74, 6) is 0.701. The van der Waals surface area contributed by atoms with E-state index in [0.29, 0.717) is 23.3 Å². The Morgan fingerprint density at radius 1 is 1.33 bits per heavy atom. The number of rotatable bonds is 2. The SMILES string of the molecule is CN(C(=O)C1CC12CNC2)C1CNC1.Cl. The number of hydrogen-bond donors (Lipinski definition) is 2. The molecule has 1 unspecified atom stereocenters. The van der Waals surface area contributed by atoms with Crippen molar-refractivity contribution in [3.8, 4) is 0 Å². The Bertz CT molecular complexity index is 272. The van der Waals surface area contributed by atoms with Crippen LogP contribution in [0.5, 0.6) is 0 Å². The predicted molar refractivity (Wildman–Crippen MR) is 60.1 cm³/mol. The molecule has 0 radical (unpaired) electrons. The molecule has 1 spiro atoms. The smallest absolute Gasteiger partial charge is 0.226 e. The fourth-order valence-electron chi connectivity index (χ4n) is 2.51. The number of hydrogen-bond acceptors (Lipinski definition) is 3. The van der Waals surface area contributed by atoms with Gasteiger partial charge in [0.2, 0.25) is 5.91 Å². The summed E-state index contributed by atoms with van der Waals surface area (Å²) in [6, 6.07) is 0.452. The number of likely N-dealkylation sites (N-methyl/N-ethyl adjacent to an activating group) is 1. The average molecular weight is 232 g/mol. The van der Waals surface area contributed by atoms with Crippen molar-refractivity contribution in [2.24, 2.45) is 11.3 Å². The number of carbonyl (C=O) groups excluding carboxylic acids is 1. The molecule has 0 aromatic heterocycles. The highest BCUT2D eigenvalue weighted by atomic mass is 35.5. The lowest BCUT2D eigenvalue weighted by Crippen LogP contribution is -2.58. The average Bonchev–Trinajstić information content (AvgIpc) is 2.73. The lowest BCUT2D eigenvalue weighted by Gasteiger charge is -2.37. The van der Waals surface area contributed by atoms with E-state index in [1.54, 1.807) is 0 Å². The van der Waals surface area contributed by atoms with Gasteiger partial charge in [0, 0.05) is 44.6 Å². The van der Waals surface area contributed by atoms with Crippen LogP contribution in [-0.4, -0.2) is 50.1 Å². The van der Waals surface area contributed by atoms with Crippen LogP contribution in [0.2, 0.25) is 0 Å². The molecular weight excluding hydrogens is 214 g/mol. The van der Waals surface area contributed by atoms with Gasteiger partial charge in [-0.25, -0.2) is 0 Å². The van der Waals surface area contributed by atoms with Crippen LogP contribution in [0.15, 0.2) is 0 Å². The molecule has 0 aromatic rings. The minimum atomic E-state index is 0. The molecule has 3 aliphatic rings. The van der Waals surface area contributed by atoms with E-state index in [1.807, 2.05) is 11.9 Å². The summed E-state index contributed by atoms with van der Waals surface area (Å²) >= 11 is 0. The molecule has 1 atom stereocenters. The first kappa shape index (κ1) is 11.2. The lowest BCUT2D eigenvalue weighted by molar-refractivity contribution is -0.135. The standard InChI is InChI=1S/C10H17N3O.ClH/c1-13(7-3-11-4-7)9(14)8-2-10(8)5-12-6-10;/h7-8,11-12H,2-6H2,1H3;1H. The van der Waals surface area contributed by atoms with Crippen molar-refractivity contribution >= 4 is 18.3 Å². The van der Waals surface area contributed by atoms with E-state index in [0.717, 1.165) is 32.6 Å². The highest BCUT2D eigenvalue weighted by Gasteiger charge is 2.62. The topological polar surface area (TPSA) is 44.4 Å². The van der Waals surface area contributed by atoms with Crippen LogP contribution in [0, 0.1) is 11.3 Å². The van der Waals surface area contributed by atoms with Gasteiger partial charge in [-0.15, -0.1) is 12.4 Å². The van der Waals surface area contributed by atoms with E-state index in [4.69, 9.17) is 0 Å². The zero-order valence-electron chi connectivity index (χ0n) is 8.95. The second-order valence-corrected chi connectivity index (χ2v) is 4.98. The van der Waals surface area contributed by atoms with Gasteiger partial charge >= 0.3 is 0 Å². The monoisotopic (exact) mass is 231 g/mol. The molecule has 0 aromatic carbocycles. The van der Waals surface area contributed by atoms with Gasteiger partial charge in [-0.2, -0.15) is 0 Å². The van der Waals surface area contributed by atoms with Crippen molar-refractivity contribution in [3.63, 3.8) is 0 Å². The fourth-order valence-corrected chi connectivity index (χ4v) is 2.51. The third kappa shape index (κ3) is 1.55. The third-order valence-corrected chi connectivity index (χ3v) is 4.10. The second-order valence-electron chi connectivity index (χ2n) is 4.98. The lowest BCUT2D eigenvalue weighted by atomic mass is 9.96. The fraction of sp³-hybridized carbons (Fsp3) is 0.900. The number of halogens is 1. The maximum atomic E-state index is 12.0. The van der Waals surface area contributed by atoms with Gasteiger partial charge in [0.05, 0.1) is 6.04 Å². The molecule has 1 amide bonds. The van der Waals surface area contributed by atoms with E-state index in [9.17, 15) is 4.79 Å². The first-order valence-electron chi connectivity index (χ1n) is 5.41. The maximum Gasteiger partial charge on any atom is 0.226 e. The van der Waals surface area contributed by atoms with E-state index >= 15 is 0 Å². The summed E-state index contributed by atoms with van der Waals surface area (Å²) in [6.07, 6.45) is 1.11. The number of carbonyl (C=O) groups is 1. The molecule has 86 valence electrons. The second kappa shape index (κ2) is 3.61. The van der Waals surface area contributed by atoms with Crippen LogP contribution in [0.3, 0.4) is 0 Å². The molecule has 3 fully saturated rings. The molecule has 1 saturated carbocycles. The van der Waals surface area contributed by atoms with Crippen LogP contribution in [0.4, 0.5) is 0 Å². The molecule has 2 aliphatic heterocycles. The van der Waals surface area contributed by atoms with Gasteiger partial charge in [-0.05, 0) is 6.42 Å². The van der Waals surface area contributed by atoms with E-state index in [1.165, 1.54) is 0 Å². The highest BCUT2D eigenvalue weighted by Crippen LogP contribution is 2.56. The maximum absolute atomic E-state index is 12.0. The molecule has 1 aliphatic carbocycles. The van der Waals surface area contributed by atoms with E-state index in [-0.39, 0.29) is 12.4 Å². The summed E-state index contributed by atoms with van der Waals surface area (Å²) in [4.78, 5) is 14.0. The number of nitrogens with one attached hydrogen (secondary N) is 2. The van der Waals surface area contributed by atoms with Crippen molar-refractivity contribution in [2.45, 2.75) is 12.5 Å². The molecule has 3 rings (SSSR count). The summed E-state index contributed by atoms with van der Waals surface area (Å²) in [6.45, 7) is 4.06. The number of nitrogens with zero attached hydrogens (tertiary/aromatic N) is 1. The Kier molecular flexibility index (Phi) is 2.69.